The first kappa shape index (κ1) is 22.2. The van der Waals surface area contributed by atoms with Crippen LogP contribution >= 0.6 is 11.8 Å². The Kier molecular flexibility index (Phi) is 5.65. The highest BCUT2D eigenvalue weighted by molar-refractivity contribution is 8.02. The molecule has 2 aliphatic heterocycles. The fraction of sp³-hybridized carbons (Fsp3) is 0.222. The molecule has 6 nitrogen and oxygen atoms in total. The smallest absolute Gasteiger partial charge is 0.269 e. The van der Waals surface area contributed by atoms with Gasteiger partial charge >= 0.3 is 0 Å². The van der Waals surface area contributed by atoms with Gasteiger partial charge in [0.05, 0.1) is 11.4 Å². The molecule has 1 atom stereocenters. The maximum Gasteiger partial charge on any atom is 0.269 e. The fourth-order valence-electron chi connectivity index (χ4n) is 4.81. The highest BCUT2D eigenvalue weighted by Gasteiger charge is 2.61. The van der Waals surface area contributed by atoms with Gasteiger partial charge in [0.2, 0.25) is 16.7 Å². The molecule has 1 spiro atoms. The average molecular weight is 472 g/mol. The summed E-state index contributed by atoms with van der Waals surface area (Å²) in [7, 11) is 0. The largest absolute Gasteiger partial charge is 0.324 e. The molecule has 2 aliphatic rings. The number of aryl methyl sites for hydroxylation is 2. The van der Waals surface area contributed by atoms with Crippen LogP contribution in [0.4, 0.5) is 17.1 Å². The Bertz CT molecular complexity index is 1290. The zero-order valence-corrected chi connectivity index (χ0v) is 19.9. The Morgan fingerprint density at radius 3 is 2.50 bits per heavy atom. The highest BCUT2D eigenvalue weighted by atomic mass is 32.2. The number of nitrogens with one attached hydrogen (secondary N) is 1. The molecular formula is C27H25N3O3S. The van der Waals surface area contributed by atoms with E-state index in [0.29, 0.717) is 11.4 Å². The number of para-hydroxylation sites is 3. The molecule has 0 bridgehead atoms. The summed E-state index contributed by atoms with van der Waals surface area (Å²) in [6.07, 6.45) is 0.788. The van der Waals surface area contributed by atoms with Crippen LogP contribution < -0.4 is 15.1 Å². The number of amides is 3. The van der Waals surface area contributed by atoms with E-state index in [0.717, 1.165) is 28.8 Å². The lowest BCUT2D eigenvalue weighted by Crippen LogP contribution is -2.50. The predicted molar refractivity (Wildman–Crippen MR) is 136 cm³/mol. The van der Waals surface area contributed by atoms with Crippen molar-refractivity contribution in [1.82, 2.24) is 0 Å². The number of fused-ring (bicyclic) bond motifs is 2. The monoisotopic (exact) mass is 471 g/mol. The Labute approximate surface area is 202 Å². The van der Waals surface area contributed by atoms with Crippen molar-refractivity contribution in [3.63, 3.8) is 0 Å². The number of hydrogen-bond acceptors (Lipinski definition) is 4. The predicted octanol–water partition coefficient (Wildman–Crippen LogP) is 4.48. The topological polar surface area (TPSA) is 69.7 Å². The number of rotatable bonds is 5. The van der Waals surface area contributed by atoms with Gasteiger partial charge in [-0.25, -0.2) is 0 Å². The van der Waals surface area contributed by atoms with Crippen LogP contribution in [0.25, 0.3) is 0 Å². The van der Waals surface area contributed by atoms with Crippen LogP contribution in [-0.2, 0) is 25.7 Å². The fourth-order valence-corrected chi connectivity index (χ4v) is 6.17. The second kappa shape index (κ2) is 8.65. The van der Waals surface area contributed by atoms with Crippen LogP contribution in [0.1, 0.15) is 23.6 Å². The quantitative estimate of drug-likeness (QED) is 0.596. The molecule has 0 radical (unpaired) electrons. The SMILES string of the molecule is CCc1cccc(C)c1NC(=O)CN1C(=O)[C@@]2(SCC(=O)N2c2ccccc2)c2ccccc21. The molecule has 0 unspecified atom stereocenters. The van der Waals surface area contributed by atoms with Gasteiger partial charge in [-0.3, -0.25) is 24.2 Å². The third-order valence-electron chi connectivity index (χ3n) is 6.38. The molecule has 3 amide bonds. The van der Waals surface area contributed by atoms with E-state index in [9.17, 15) is 14.4 Å². The molecule has 0 aliphatic carbocycles. The highest BCUT2D eigenvalue weighted by Crippen LogP contribution is 2.55. The summed E-state index contributed by atoms with van der Waals surface area (Å²) in [4.78, 5) is 42.1. The number of anilines is 3. The number of benzene rings is 3. The van der Waals surface area contributed by atoms with Gasteiger partial charge in [-0.05, 0) is 42.7 Å². The zero-order chi connectivity index (χ0) is 23.9. The van der Waals surface area contributed by atoms with E-state index >= 15 is 0 Å². The molecule has 3 aromatic carbocycles. The van der Waals surface area contributed by atoms with Crippen LogP contribution in [0, 0.1) is 6.92 Å². The molecule has 0 saturated carbocycles. The van der Waals surface area contributed by atoms with Crippen molar-refractivity contribution in [2.75, 3.05) is 27.4 Å². The molecule has 3 aromatic rings. The molecule has 34 heavy (non-hydrogen) atoms. The molecule has 5 rings (SSSR count). The van der Waals surface area contributed by atoms with E-state index in [1.165, 1.54) is 16.7 Å². The van der Waals surface area contributed by atoms with Crippen molar-refractivity contribution in [2.24, 2.45) is 0 Å². The Hall–Kier alpha value is -3.58. The molecule has 0 aromatic heterocycles. The second-order valence-corrected chi connectivity index (χ2v) is 9.58. The third-order valence-corrected chi connectivity index (χ3v) is 7.77. The number of nitrogens with zero attached hydrogens (tertiary/aromatic N) is 2. The van der Waals surface area contributed by atoms with Gasteiger partial charge < -0.3 is 5.32 Å². The summed E-state index contributed by atoms with van der Waals surface area (Å²) < 4.78 is 0. The molecule has 1 N–H and O–H groups in total. The van der Waals surface area contributed by atoms with Crippen LogP contribution in [0.2, 0.25) is 0 Å². The maximum atomic E-state index is 14.0. The molecule has 1 saturated heterocycles. The van der Waals surface area contributed by atoms with E-state index in [2.05, 4.69) is 5.32 Å². The summed E-state index contributed by atoms with van der Waals surface area (Å²) >= 11 is 1.31. The standard InChI is InChI=1S/C27H25N3O3S/c1-3-19-11-9-10-18(2)25(19)28-23(31)16-29-22-15-8-7-14-21(22)27(26(29)33)30(24(32)17-34-27)20-12-5-4-6-13-20/h4-15H,3,16-17H2,1-2H3,(H,28,31)/t27-/m0/s1. The summed E-state index contributed by atoms with van der Waals surface area (Å²) in [5.41, 5.74) is 4.87. The van der Waals surface area contributed by atoms with Crippen molar-refractivity contribution in [3.05, 3.63) is 89.5 Å². The van der Waals surface area contributed by atoms with Gasteiger partial charge in [-0.2, -0.15) is 0 Å². The lowest BCUT2D eigenvalue weighted by atomic mass is 10.0. The molecular weight excluding hydrogens is 446 g/mol. The van der Waals surface area contributed by atoms with Crippen LogP contribution in [0.5, 0.6) is 0 Å². The van der Waals surface area contributed by atoms with Crippen molar-refractivity contribution < 1.29 is 14.4 Å². The van der Waals surface area contributed by atoms with Crippen molar-refractivity contribution in [3.8, 4) is 0 Å². The first-order chi connectivity index (χ1) is 16.5. The van der Waals surface area contributed by atoms with E-state index in [-0.39, 0.29) is 30.0 Å². The lowest BCUT2D eigenvalue weighted by molar-refractivity contribution is -0.124. The normalized spacial score (nSPS) is 19.1. The van der Waals surface area contributed by atoms with E-state index < -0.39 is 4.87 Å². The summed E-state index contributed by atoms with van der Waals surface area (Å²) in [5.74, 6) is -0.482. The number of carbonyl (C=O) groups excluding carboxylic acids is 3. The Morgan fingerprint density at radius 2 is 1.74 bits per heavy atom. The van der Waals surface area contributed by atoms with Crippen molar-refractivity contribution >= 4 is 46.5 Å². The van der Waals surface area contributed by atoms with E-state index in [4.69, 9.17) is 0 Å². The zero-order valence-electron chi connectivity index (χ0n) is 19.1. The maximum absolute atomic E-state index is 14.0. The summed E-state index contributed by atoms with van der Waals surface area (Å²) in [6.45, 7) is 3.87. The number of carbonyl (C=O) groups is 3. The number of hydrogen-bond donors (Lipinski definition) is 1. The first-order valence-electron chi connectivity index (χ1n) is 11.3. The molecule has 2 heterocycles. The van der Waals surface area contributed by atoms with E-state index in [1.807, 2.05) is 86.6 Å². The van der Waals surface area contributed by atoms with E-state index in [1.54, 1.807) is 4.90 Å². The summed E-state index contributed by atoms with van der Waals surface area (Å²) in [5, 5.41) is 3.02. The van der Waals surface area contributed by atoms with Gasteiger partial charge in [0, 0.05) is 16.9 Å². The van der Waals surface area contributed by atoms with Gasteiger partial charge in [0.25, 0.3) is 5.91 Å². The Morgan fingerprint density at radius 1 is 1.00 bits per heavy atom. The Balaban J connectivity index is 1.51. The van der Waals surface area contributed by atoms with Crippen LogP contribution in [0.3, 0.4) is 0 Å². The minimum Gasteiger partial charge on any atom is -0.324 e. The minimum atomic E-state index is -1.22. The average Bonchev–Trinajstić information content (AvgIpc) is 3.32. The van der Waals surface area contributed by atoms with Crippen LogP contribution in [0.15, 0.2) is 72.8 Å². The molecule has 172 valence electrons. The van der Waals surface area contributed by atoms with Gasteiger partial charge in [0.1, 0.15) is 6.54 Å². The first-order valence-corrected chi connectivity index (χ1v) is 12.3. The van der Waals surface area contributed by atoms with Crippen LogP contribution in [-0.4, -0.2) is 30.0 Å². The van der Waals surface area contributed by atoms with Crippen molar-refractivity contribution in [2.45, 2.75) is 25.1 Å². The van der Waals surface area contributed by atoms with Gasteiger partial charge in [-0.15, -0.1) is 11.8 Å². The van der Waals surface area contributed by atoms with Gasteiger partial charge in [0.15, 0.2) is 0 Å². The minimum absolute atomic E-state index is 0.127. The summed E-state index contributed by atoms with van der Waals surface area (Å²) in [6, 6.07) is 22.6. The third kappa shape index (κ3) is 3.39. The van der Waals surface area contributed by atoms with Gasteiger partial charge in [-0.1, -0.05) is 61.5 Å². The molecule has 1 fully saturated rings. The lowest BCUT2D eigenvalue weighted by Gasteiger charge is -2.33. The molecule has 7 heteroatoms. The second-order valence-electron chi connectivity index (χ2n) is 8.42. The van der Waals surface area contributed by atoms with Crippen molar-refractivity contribution in [1.29, 1.82) is 0 Å². The number of thioether (sulfide) groups is 1.